The fourth-order valence-corrected chi connectivity index (χ4v) is 5.77. The Morgan fingerprint density at radius 2 is 1.90 bits per heavy atom. The Morgan fingerprint density at radius 1 is 1.07 bits per heavy atom. The number of oxazole rings is 1. The van der Waals surface area contributed by atoms with Gasteiger partial charge in [-0.1, -0.05) is 12.1 Å². The van der Waals surface area contributed by atoms with Crippen molar-refractivity contribution in [3.63, 3.8) is 0 Å². The van der Waals surface area contributed by atoms with Crippen molar-refractivity contribution < 1.29 is 12.8 Å². The van der Waals surface area contributed by atoms with Crippen molar-refractivity contribution in [2.24, 2.45) is 0 Å². The van der Waals surface area contributed by atoms with Crippen molar-refractivity contribution in [3.05, 3.63) is 47.9 Å². The summed E-state index contributed by atoms with van der Waals surface area (Å²) in [5, 5.41) is 0. The normalized spacial score (nSPS) is 16.7. The van der Waals surface area contributed by atoms with E-state index in [9.17, 15) is 8.42 Å². The maximum absolute atomic E-state index is 13.1. The monoisotopic (exact) mass is 429 g/mol. The third-order valence-electron chi connectivity index (χ3n) is 5.15. The maximum atomic E-state index is 13.1. The van der Waals surface area contributed by atoms with E-state index in [0.29, 0.717) is 49.6 Å². The van der Waals surface area contributed by atoms with Crippen molar-refractivity contribution >= 4 is 43.9 Å². The van der Waals surface area contributed by atoms with Crippen LogP contribution in [0.5, 0.6) is 0 Å². The molecular weight excluding hydrogens is 410 g/mol. The molecule has 0 amide bonds. The van der Waals surface area contributed by atoms with E-state index in [-0.39, 0.29) is 4.90 Å². The molecule has 1 fully saturated rings. The van der Waals surface area contributed by atoms with Crippen LogP contribution in [0.25, 0.3) is 22.1 Å². The van der Waals surface area contributed by atoms with Gasteiger partial charge in [-0.25, -0.2) is 13.4 Å². The molecule has 29 heavy (non-hydrogen) atoms. The summed E-state index contributed by atoms with van der Waals surface area (Å²) < 4.78 is 41.9. The lowest BCUT2D eigenvalue weighted by Gasteiger charge is -2.33. The summed E-state index contributed by atoms with van der Waals surface area (Å²) in [6.45, 7) is 4.63. The highest BCUT2D eigenvalue weighted by atomic mass is 32.2. The number of benzene rings is 2. The van der Waals surface area contributed by atoms with Crippen LogP contribution in [0.3, 0.4) is 0 Å². The minimum atomic E-state index is -3.61. The summed E-state index contributed by atoms with van der Waals surface area (Å²) >= 11 is 1.03. The topological polar surface area (TPSA) is 92.4 Å². The van der Waals surface area contributed by atoms with Crippen LogP contribution in [0.1, 0.15) is 11.5 Å². The average molecular weight is 430 g/mol. The van der Waals surface area contributed by atoms with Crippen LogP contribution >= 0.6 is 11.7 Å². The van der Waals surface area contributed by atoms with E-state index in [0.717, 1.165) is 28.4 Å². The highest BCUT2D eigenvalue weighted by Crippen LogP contribution is 2.25. The molecule has 0 unspecified atom stereocenters. The van der Waals surface area contributed by atoms with Gasteiger partial charge in [0, 0.05) is 26.2 Å². The van der Waals surface area contributed by atoms with Gasteiger partial charge in [-0.15, -0.1) is 0 Å². The van der Waals surface area contributed by atoms with Gasteiger partial charge in [0.05, 0.1) is 18.3 Å². The lowest BCUT2D eigenvalue weighted by atomic mass is 10.2. The molecule has 0 atom stereocenters. The minimum Gasteiger partial charge on any atom is -0.439 e. The molecule has 0 saturated carbocycles. The number of sulfonamides is 1. The fraction of sp³-hybridized carbons (Fsp3) is 0.316. The molecule has 150 valence electrons. The molecule has 10 heteroatoms. The molecule has 0 aliphatic carbocycles. The van der Waals surface area contributed by atoms with Crippen LogP contribution in [-0.4, -0.2) is 57.5 Å². The molecule has 0 N–H and O–H groups in total. The standard InChI is InChI=1S/C19H19N5O3S2/c1-13-5-6-14-16(11-13)27-18(20-14)12-23-7-9-24(10-8-23)29(25,26)17-4-2-3-15-19(17)22-28-21-15/h2-6,11H,7-10,12H2,1H3. The van der Waals surface area contributed by atoms with Gasteiger partial charge in [0.15, 0.2) is 5.58 Å². The summed E-state index contributed by atoms with van der Waals surface area (Å²) in [5.41, 5.74) is 3.81. The molecule has 2 aromatic heterocycles. The molecule has 1 aliphatic rings. The van der Waals surface area contributed by atoms with Crippen LogP contribution in [0.2, 0.25) is 0 Å². The first-order valence-corrected chi connectivity index (χ1v) is 11.5. The maximum Gasteiger partial charge on any atom is 0.245 e. The Labute approximate surface area is 172 Å². The first-order valence-electron chi connectivity index (χ1n) is 9.30. The van der Waals surface area contributed by atoms with Crippen molar-refractivity contribution in [3.8, 4) is 0 Å². The zero-order chi connectivity index (χ0) is 20.0. The zero-order valence-corrected chi connectivity index (χ0v) is 17.4. The lowest BCUT2D eigenvalue weighted by molar-refractivity contribution is 0.169. The second-order valence-electron chi connectivity index (χ2n) is 7.15. The molecular formula is C19H19N5O3S2. The molecule has 8 nitrogen and oxygen atoms in total. The smallest absolute Gasteiger partial charge is 0.245 e. The summed E-state index contributed by atoms with van der Waals surface area (Å²) in [7, 11) is -3.61. The van der Waals surface area contributed by atoms with Gasteiger partial charge in [0.25, 0.3) is 0 Å². The van der Waals surface area contributed by atoms with Crippen LogP contribution in [0.15, 0.2) is 45.7 Å². The third-order valence-corrected chi connectivity index (χ3v) is 7.62. The average Bonchev–Trinajstić information content (AvgIpc) is 3.34. The number of rotatable bonds is 4. The Bertz CT molecular complexity index is 1290. The molecule has 0 radical (unpaired) electrons. The highest BCUT2D eigenvalue weighted by molar-refractivity contribution is 7.89. The Balaban J connectivity index is 1.30. The van der Waals surface area contributed by atoms with Crippen molar-refractivity contribution in [2.75, 3.05) is 26.2 Å². The second-order valence-corrected chi connectivity index (χ2v) is 9.58. The van der Waals surface area contributed by atoms with E-state index in [1.54, 1.807) is 18.2 Å². The molecule has 2 aromatic carbocycles. The van der Waals surface area contributed by atoms with Crippen molar-refractivity contribution in [1.82, 2.24) is 22.9 Å². The summed E-state index contributed by atoms with van der Waals surface area (Å²) in [6.07, 6.45) is 0. The third kappa shape index (κ3) is 3.42. The number of hydrogen-bond acceptors (Lipinski definition) is 8. The lowest BCUT2D eigenvalue weighted by Crippen LogP contribution is -2.48. The number of piperazine rings is 1. The van der Waals surface area contributed by atoms with Gasteiger partial charge >= 0.3 is 0 Å². The van der Waals surface area contributed by atoms with Crippen LogP contribution in [-0.2, 0) is 16.6 Å². The van der Waals surface area contributed by atoms with E-state index in [2.05, 4.69) is 18.6 Å². The van der Waals surface area contributed by atoms with Gasteiger partial charge < -0.3 is 4.42 Å². The van der Waals surface area contributed by atoms with Crippen LogP contribution < -0.4 is 0 Å². The van der Waals surface area contributed by atoms with Gasteiger partial charge in [0.2, 0.25) is 15.9 Å². The van der Waals surface area contributed by atoms with Gasteiger partial charge in [0.1, 0.15) is 21.4 Å². The number of fused-ring (bicyclic) bond motifs is 2. The number of nitrogens with zero attached hydrogens (tertiary/aromatic N) is 5. The van der Waals surface area contributed by atoms with E-state index in [1.807, 2.05) is 25.1 Å². The van der Waals surface area contributed by atoms with Gasteiger partial charge in [-0.05, 0) is 36.8 Å². The second kappa shape index (κ2) is 7.13. The zero-order valence-electron chi connectivity index (χ0n) is 15.8. The van der Waals surface area contributed by atoms with Crippen molar-refractivity contribution in [1.29, 1.82) is 0 Å². The van der Waals surface area contributed by atoms with Gasteiger partial charge in [-0.3, -0.25) is 4.90 Å². The highest BCUT2D eigenvalue weighted by Gasteiger charge is 2.31. The molecule has 3 heterocycles. The number of aromatic nitrogens is 3. The SMILES string of the molecule is Cc1ccc2nc(CN3CCN(S(=O)(=O)c4cccc5nsnc45)CC3)oc2c1. The predicted molar refractivity (Wildman–Crippen MR) is 110 cm³/mol. The number of hydrogen-bond donors (Lipinski definition) is 0. The molecule has 1 aliphatic heterocycles. The first-order chi connectivity index (χ1) is 14.0. The van der Waals surface area contributed by atoms with Crippen LogP contribution in [0.4, 0.5) is 0 Å². The number of aryl methyl sites for hydroxylation is 1. The quantitative estimate of drug-likeness (QED) is 0.492. The molecule has 1 saturated heterocycles. The summed E-state index contributed by atoms with van der Waals surface area (Å²) in [4.78, 5) is 6.93. The van der Waals surface area contributed by atoms with E-state index in [1.165, 1.54) is 4.31 Å². The molecule has 0 spiro atoms. The molecule has 0 bridgehead atoms. The molecule has 4 aromatic rings. The summed E-state index contributed by atoms with van der Waals surface area (Å²) in [6, 6.07) is 11.0. The van der Waals surface area contributed by atoms with Crippen molar-refractivity contribution in [2.45, 2.75) is 18.4 Å². The Hall–Kier alpha value is -2.40. The van der Waals surface area contributed by atoms with Crippen LogP contribution in [0, 0.1) is 6.92 Å². The largest absolute Gasteiger partial charge is 0.439 e. The van der Waals surface area contributed by atoms with Gasteiger partial charge in [-0.2, -0.15) is 13.1 Å². The summed E-state index contributed by atoms with van der Waals surface area (Å²) in [5.74, 6) is 0.653. The minimum absolute atomic E-state index is 0.228. The van der Waals surface area contributed by atoms with E-state index >= 15 is 0 Å². The fourth-order valence-electron chi connectivity index (χ4n) is 3.60. The predicted octanol–water partition coefficient (Wildman–Crippen LogP) is 2.65. The molecule has 5 rings (SSSR count). The van der Waals surface area contributed by atoms with E-state index in [4.69, 9.17) is 4.42 Å². The Kier molecular flexibility index (Phi) is 4.58. The Morgan fingerprint density at radius 3 is 2.72 bits per heavy atom. The van der Waals surface area contributed by atoms with E-state index < -0.39 is 10.0 Å². The first kappa shape index (κ1) is 18.6.